The maximum atomic E-state index is 10.8. The number of aromatic nitrogens is 3. The molecule has 10 heteroatoms. The summed E-state index contributed by atoms with van der Waals surface area (Å²) in [4.78, 5) is 11.4. The third-order valence-electron chi connectivity index (χ3n) is 2.02. The molecule has 2 aromatic rings. The Morgan fingerprint density at radius 3 is 2.75 bits per heavy atom. The average Bonchev–Trinajstić information content (AvgIpc) is 2.35. The van der Waals surface area contributed by atoms with E-state index in [1.54, 1.807) is 24.3 Å². The van der Waals surface area contributed by atoms with Crippen molar-refractivity contribution < 1.29 is 8.49 Å². The zero-order valence-electron chi connectivity index (χ0n) is 10.3. The number of benzene rings is 1. The molecule has 0 bridgehead atoms. The molecule has 1 aromatic heterocycles. The second-order valence-electron chi connectivity index (χ2n) is 3.58. The van der Waals surface area contributed by atoms with Crippen molar-refractivity contribution in [2.75, 3.05) is 22.8 Å². The fourth-order valence-corrected chi connectivity index (χ4v) is 1.70. The average molecular weight is 315 g/mol. The van der Waals surface area contributed by atoms with Gasteiger partial charge in [0.25, 0.3) is 0 Å². The Hall–Kier alpha value is -1.97. The summed E-state index contributed by atoms with van der Waals surface area (Å²) in [5, 5.41) is 2.91. The summed E-state index contributed by atoms with van der Waals surface area (Å²) in [5.41, 5.74) is 9.30. The highest BCUT2D eigenvalue weighted by Crippen LogP contribution is 2.19. The van der Waals surface area contributed by atoms with Crippen LogP contribution in [0.2, 0.25) is 5.28 Å². The maximum absolute atomic E-state index is 10.8. The Morgan fingerprint density at radius 2 is 2.05 bits per heavy atom. The van der Waals surface area contributed by atoms with Gasteiger partial charge in [-0.25, -0.2) is 4.21 Å². The molecule has 1 aromatic carbocycles. The van der Waals surface area contributed by atoms with E-state index in [-0.39, 0.29) is 17.2 Å². The topological polar surface area (TPSA) is 115 Å². The smallest absolute Gasteiger partial charge is 0.233 e. The number of nitrogen functional groups attached to an aromatic ring is 1. The van der Waals surface area contributed by atoms with Crippen molar-refractivity contribution in [1.29, 1.82) is 0 Å². The zero-order valence-corrected chi connectivity index (χ0v) is 11.9. The Labute approximate surface area is 122 Å². The molecule has 0 aliphatic rings. The lowest BCUT2D eigenvalue weighted by atomic mass is 10.3. The molecule has 1 atom stereocenters. The molecule has 0 saturated heterocycles. The van der Waals surface area contributed by atoms with Crippen LogP contribution in [0.4, 0.5) is 23.3 Å². The third kappa shape index (κ3) is 4.30. The van der Waals surface area contributed by atoms with E-state index in [0.717, 1.165) is 0 Å². The van der Waals surface area contributed by atoms with Gasteiger partial charge in [0.05, 0.1) is 5.69 Å². The molecular formula is C10H11ClN6O2S. The lowest BCUT2D eigenvalue weighted by Gasteiger charge is -2.08. The van der Waals surface area contributed by atoms with Crippen molar-refractivity contribution in [2.24, 2.45) is 0 Å². The highest BCUT2D eigenvalue weighted by molar-refractivity contribution is 7.79. The van der Waals surface area contributed by atoms with Gasteiger partial charge in [0, 0.05) is 11.9 Å². The number of hydrogen-bond acceptors (Lipinski definition) is 8. The van der Waals surface area contributed by atoms with Crippen molar-refractivity contribution in [3.63, 3.8) is 0 Å². The van der Waals surface area contributed by atoms with Crippen molar-refractivity contribution in [3.8, 4) is 0 Å². The summed E-state index contributed by atoms with van der Waals surface area (Å²) in [6.07, 6.45) is 1.41. The maximum Gasteiger partial charge on any atom is 0.233 e. The van der Waals surface area contributed by atoms with Gasteiger partial charge in [0.15, 0.2) is 11.1 Å². The number of nitrogens with zero attached hydrogens (tertiary/aromatic N) is 3. The zero-order chi connectivity index (χ0) is 14.5. The SMILES string of the molecule is CS(=O)ONc1cccc(Nc2nc(N)nc(Cl)n2)c1. The predicted octanol–water partition coefficient (Wildman–Crippen LogP) is 1.49. The first-order chi connectivity index (χ1) is 9.52. The van der Waals surface area contributed by atoms with Gasteiger partial charge in [-0.3, -0.25) is 5.48 Å². The van der Waals surface area contributed by atoms with Crippen LogP contribution >= 0.6 is 11.6 Å². The molecule has 0 aliphatic heterocycles. The predicted molar refractivity (Wildman–Crippen MR) is 77.7 cm³/mol. The van der Waals surface area contributed by atoms with Crippen molar-refractivity contribution in [1.82, 2.24) is 15.0 Å². The summed E-state index contributed by atoms with van der Waals surface area (Å²) in [7, 11) is 0. The molecule has 4 N–H and O–H groups in total. The van der Waals surface area contributed by atoms with E-state index in [4.69, 9.17) is 21.6 Å². The van der Waals surface area contributed by atoms with Crippen molar-refractivity contribution in [2.45, 2.75) is 0 Å². The number of nitrogens with two attached hydrogens (primary N) is 1. The van der Waals surface area contributed by atoms with Crippen LogP contribution in [0, 0.1) is 0 Å². The Kier molecular flexibility index (Phi) is 4.66. The lowest BCUT2D eigenvalue weighted by molar-refractivity contribution is 0.440. The summed E-state index contributed by atoms with van der Waals surface area (Å²) in [5.74, 6) is 0.242. The summed E-state index contributed by atoms with van der Waals surface area (Å²) < 4.78 is 15.6. The quantitative estimate of drug-likeness (QED) is 0.711. The minimum Gasteiger partial charge on any atom is -0.368 e. The fourth-order valence-electron chi connectivity index (χ4n) is 1.32. The van der Waals surface area contributed by atoms with Crippen LogP contribution in [0.3, 0.4) is 0 Å². The summed E-state index contributed by atoms with van der Waals surface area (Å²) in [6, 6.07) is 6.99. The van der Waals surface area contributed by atoms with Gasteiger partial charge in [0.1, 0.15) is 0 Å². The van der Waals surface area contributed by atoms with E-state index in [0.29, 0.717) is 11.4 Å². The Morgan fingerprint density at radius 1 is 1.30 bits per heavy atom. The first-order valence-corrected chi connectivity index (χ1v) is 7.20. The molecule has 0 saturated carbocycles. The minimum absolute atomic E-state index is 0.000933. The van der Waals surface area contributed by atoms with Crippen LogP contribution in [0.1, 0.15) is 0 Å². The number of halogens is 1. The first-order valence-electron chi connectivity index (χ1n) is 5.34. The van der Waals surface area contributed by atoms with E-state index in [9.17, 15) is 4.21 Å². The molecule has 0 radical (unpaired) electrons. The number of hydrogen-bond donors (Lipinski definition) is 3. The second-order valence-corrected chi connectivity index (χ2v) is 4.89. The fraction of sp³-hybridized carbons (Fsp3) is 0.100. The van der Waals surface area contributed by atoms with E-state index in [1.807, 2.05) is 0 Å². The second kappa shape index (κ2) is 6.46. The molecule has 20 heavy (non-hydrogen) atoms. The molecule has 0 spiro atoms. The van der Waals surface area contributed by atoms with Crippen LogP contribution in [0.25, 0.3) is 0 Å². The molecular weight excluding hydrogens is 304 g/mol. The van der Waals surface area contributed by atoms with Crippen LogP contribution < -0.4 is 16.5 Å². The van der Waals surface area contributed by atoms with Crippen LogP contribution in [0.5, 0.6) is 0 Å². The standard InChI is InChI=1S/C10H11ClN6O2S/c1-20(18)19-17-7-4-2-3-6(5-7)13-10-15-8(11)14-9(12)16-10/h2-5,17H,1H3,(H3,12,13,14,15,16). The highest BCUT2D eigenvalue weighted by atomic mass is 35.5. The first kappa shape index (κ1) is 14.4. The molecule has 0 amide bonds. The minimum atomic E-state index is -1.42. The molecule has 1 unspecified atom stereocenters. The molecule has 8 nitrogen and oxygen atoms in total. The molecule has 1 heterocycles. The van der Waals surface area contributed by atoms with Gasteiger partial charge in [0.2, 0.25) is 17.2 Å². The van der Waals surface area contributed by atoms with Crippen LogP contribution in [-0.2, 0) is 15.4 Å². The van der Waals surface area contributed by atoms with Gasteiger partial charge in [-0.15, -0.1) is 0 Å². The molecule has 0 fully saturated rings. The molecule has 2 rings (SSSR count). The largest absolute Gasteiger partial charge is 0.368 e. The van der Waals surface area contributed by atoms with Gasteiger partial charge in [-0.2, -0.15) is 19.2 Å². The normalized spacial score (nSPS) is 11.9. The number of nitrogens with one attached hydrogen (secondary N) is 2. The van der Waals surface area contributed by atoms with Crippen molar-refractivity contribution >= 4 is 46.0 Å². The molecule has 0 aliphatic carbocycles. The Bertz CT molecular complexity index is 621. The van der Waals surface area contributed by atoms with Crippen LogP contribution in [-0.4, -0.2) is 25.4 Å². The summed E-state index contributed by atoms with van der Waals surface area (Å²) >= 11 is 4.27. The van der Waals surface area contributed by atoms with Gasteiger partial charge in [-0.1, -0.05) is 6.07 Å². The van der Waals surface area contributed by atoms with E-state index in [2.05, 4.69) is 25.7 Å². The van der Waals surface area contributed by atoms with Crippen LogP contribution in [0.15, 0.2) is 24.3 Å². The van der Waals surface area contributed by atoms with Gasteiger partial charge in [-0.05, 0) is 29.8 Å². The number of anilines is 4. The highest BCUT2D eigenvalue weighted by Gasteiger charge is 2.03. The van der Waals surface area contributed by atoms with Crippen molar-refractivity contribution in [3.05, 3.63) is 29.5 Å². The molecule has 106 valence electrons. The van der Waals surface area contributed by atoms with Gasteiger partial charge < -0.3 is 11.1 Å². The Balaban J connectivity index is 2.12. The van der Waals surface area contributed by atoms with E-state index >= 15 is 0 Å². The lowest BCUT2D eigenvalue weighted by Crippen LogP contribution is -2.05. The third-order valence-corrected chi connectivity index (χ3v) is 2.51. The summed E-state index contributed by atoms with van der Waals surface area (Å²) in [6.45, 7) is 0. The van der Waals surface area contributed by atoms with E-state index in [1.165, 1.54) is 6.26 Å². The number of rotatable bonds is 5. The van der Waals surface area contributed by atoms with Gasteiger partial charge >= 0.3 is 0 Å². The monoisotopic (exact) mass is 314 g/mol. The van der Waals surface area contributed by atoms with E-state index < -0.39 is 11.1 Å².